The smallest absolute Gasteiger partial charge is 0.127 e. The molecule has 5 rings (SSSR count). The zero-order valence-electron chi connectivity index (χ0n) is 15.5. The number of hydrogen-bond donors (Lipinski definition) is 1. The Balaban J connectivity index is 1.31. The van der Waals surface area contributed by atoms with E-state index in [1.165, 1.54) is 11.1 Å². The molecule has 4 nitrogen and oxygen atoms in total. The summed E-state index contributed by atoms with van der Waals surface area (Å²) in [6.45, 7) is 0.507. The molecule has 0 radical (unpaired) electrons. The Morgan fingerprint density at radius 1 is 1.00 bits per heavy atom. The number of nitrogens with zero attached hydrogens (tertiary/aromatic N) is 2. The van der Waals surface area contributed by atoms with Crippen LogP contribution in [0.25, 0.3) is 10.9 Å². The van der Waals surface area contributed by atoms with E-state index in [1.807, 2.05) is 42.6 Å². The molecule has 4 aromatic rings. The molecule has 138 valence electrons. The topological polar surface area (TPSA) is 47.0 Å². The molecule has 1 atom stereocenters. The fourth-order valence-corrected chi connectivity index (χ4v) is 3.81. The first-order chi connectivity index (χ1) is 13.8. The van der Waals surface area contributed by atoms with Gasteiger partial charge in [-0.2, -0.15) is 0 Å². The molecule has 0 saturated heterocycles. The van der Waals surface area contributed by atoms with E-state index in [1.54, 1.807) is 6.20 Å². The molecule has 0 saturated carbocycles. The molecule has 1 N–H and O–H groups in total. The van der Waals surface area contributed by atoms with Gasteiger partial charge in [0.25, 0.3) is 0 Å². The average molecular weight is 367 g/mol. The highest BCUT2D eigenvalue weighted by atomic mass is 16.5. The molecule has 0 fully saturated rings. The number of fused-ring (bicyclic) bond motifs is 2. The summed E-state index contributed by atoms with van der Waals surface area (Å²) in [7, 11) is 0. The summed E-state index contributed by atoms with van der Waals surface area (Å²) in [6, 6.07) is 23.1. The highest BCUT2D eigenvalue weighted by Gasteiger charge is 2.21. The van der Waals surface area contributed by atoms with E-state index < -0.39 is 0 Å². The van der Waals surface area contributed by atoms with Crippen LogP contribution in [0, 0.1) is 0 Å². The second-order valence-corrected chi connectivity index (χ2v) is 7.14. The summed E-state index contributed by atoms with van der Waals surface area (Å²) in [5.74, 6) is 1.75. The number of benzene rings is 2. The second-order valence-electron chi connectivity index (χ2n) is 7.14. The van der Waals surface area contributed by atoms with E-state index in [2.05, 4.69) is 40.6 Å². The van der Waals surface area contributed by atoms with Gasteiger partial charge >= 0.3 is 0 Å². The molecule has 1 aliphatic rings. The minimum absolute atomic E-state index is 0.336. The van der Waals surface area contributed by atoms with Crippen molar-refractivity contribution in [1.82, 2.24) is 9.97 Å². The minimum Gasteiger partial charge on any atom is -0.489 e. The average Bonchev–Trinajstić information content (AvgIpc) is 3.16. The molecule has 0 amide bonds. The molecule has 4 heteroatoms. The Morgan fingerprint density at radius 3 is 2.89 bits per heavy atom. The molecule has 28 heavy (non-hydrogen) atoms. The first-order valence-electron chi connectivity index (χ1n) is 9.62. The van der Waals surface area contributed by atoms with E-state index in [4.69, 9.17) is 9.72 Å². The van der Waals surface area contributed by atoms with Gasteiger partial charge in [0, 0.05) is 23.3 Å². The van der Waals surface area contributed by atoms with Gasteiger partial charge in [0.05, 0.1) is 11.6 Å². The van der Waals surface area contributed by atoms with E-state index in [-0.39, 0.29) is 0 Å². The maximum atomic E-state index is 5.89. The summed E-state index contributed by atoms with van der Waals surface area (Å²) < 4.78 is 5.89. The molecule has 0 spiro atoms. The monoisotopic (exact) mass is 367 g/mol. The summed E-state index contributed by atoms with van der Waals surface area (Å²) in [5.41, 5.74) is 4.85. The minimum atomic E-state index is 0.336. The van der Waals surface area contributed by atoms with Crippen LogP contribution in [-0.4, -0.2) is 9.97 Å². The van der Waals surface area contributed by atoms with E-state index in [0.717, 1.165) is 40.9 Å². The molecule has 0 bridgehead atoms. The van der Waals surface area contributed by atoms with Crippen molar-refractivity contribution in [2.75, 3.05) is 5.32 Å². The fourth-order valence-electron chi connectivity index (χ4n) is 3.81. The van der Waals surface area contributed by atoms with Crippen molar-refractivity contribution in [3.63, 3.8) is 0 Å². The Labute approximate surface area is 164 Å². The number of pyridine rings is 2. The number of rotatable bonds is 5. The Bertz CT molecular complexity index is 1110. The summed E-state index contributed by atoms with van der Waals surface area (Å²) in [6.07, 6.45) is 5.82. The van der Waals surface area contributed by atoms with Gasteiger partial charge in [-0.1, -0.05) is 30.3 Å². The van der Waals surface area contributed by atoms with Gasteiger partial charge in [-0.3, -0.25) is 4.98 Å². The van der Waals surface area contributed by atoms with Crippen molar-refractivity contribution in [3.8, 4) is 5.75 Å². The summed E-state index contributed by atoms with van der Waals surface area (Å²) in [4.78, 5) is 8.91. The Kier molecular flexibility index (Phi) is 4.37. The molecular formula is C24H21N3O. The van der Waals surface area contributed by atoms with Crippen LogP contribution < -0.4 is 10.1 Å². The SMILES string of the molecule is c1cncc(COc2ccc3nc(N[C@@H]4CCc5ccccc54)ccc3c2)c1. The normalized spacial score (nSPS) is 15.4. The van der Waals surface area contributed by atoms with Crippen LogP contribution in [0.1, 0.15) is 29.2 Å². The highest BCUT2D eigenvalue weighted by molar-refractivity contribution is 5.81. The third-order valence-electron chi connectivity index (χ3n) is 5.24. The predicted molar refractivity (Wildman–Crippen MR) is 111 cm³/mol. The first kappa shape index (κ1) is 16.8. The maximum Gasteiger partial charge on any atom is 0.127 e. The lowest BCUT2D eigenvalue weighted by atomic mass is 10.1. The second kappa shape index (κ2) is 7.31. The Hall–Kier alpha value is -3.40. The standard InChI is InChI=1S/C24H21N3O/c1-2-6-21-18(5-1)7-10-23(21)27-24-12-8-19-14-20(9-11-22(19)26-24)28-16-17-4-3-13-25-15-17/h1-6,8-9,11-15,23H,7,10,16H2,(H,26,27)/t23-/m1/s1. The van der Waals surface area contributed by atoms with Crippen molar-refractivity contribution in [1.29, 1.82) is 0 Å². The number of aryl methyl sites for hydroxylation is 1. The predicted octanol–water partition coefficient (Wildman–Crippen LogP) is 5.31. The highest BCUT2D eigenvalue weighted by Crippen LogP contribution is 2.33. The number of nitrogens with one attached hydrogen (secondary N) is 1. The maximum absolute atomic E-state index is 5.89. The van der Waals surface area contributed by atoms with Crippen LogP contribution in [0.3, 0.4) is 0 Å². The van der Waals surface area contributed by atoms with Crippen LogP contribution in [0.15, 0.2) is 79.1 Å². The number of ether oxygens (including phenoxy) is 1. The zero-order chi connectivity index (χ0) is 18.8. The van der Waals surface area contributed by atoms with E-state index in [0.29, 0.717) is 12.6 Å². The third kappa shape index (κ3) is 3.41. The van der Waals surface area contributed by atoms with Gasteiger partial charge in [0.2, 0.25) is 0 Å². The van der Waals surface area contributed by atoms with E-state index in [9.17, 15) is 0 Å². The van der Waals surface area contributed by atoms with Crippen LogP contribution in [0.5, 0.6) is 5.75 Å². The lowest BCUT2D eigenvalue weighted by Crippen LogP contribution is -2.08. The van der Waals surface area contributed by atoms with Gasteiger partial charge in [-0.25, -0.2) is 4.98 Å². The number of aromatic nitrogens is 2. The van der Waals surface area contributed by atoms with Gasteiger partial charge in [-0.15, -0.1) is 0 Å². The largest absolute Gasteiger partial charge is 0.489 e. The van der Waals surface area contributed by atoms with Gasteiger partial charge in [0.1, 0.15) is 18.2 Å². The Morgan fingerprint density at radius 2 is 1.96 bits per heavy atom. The molecule has 1 aliphatic carbocycles. The molecule has 2 aromatic carbocycles. The van der Waals surface area contributed by atoms with Crippen molar-refractivity contribution in [3.05, 3.63) is 95.8 Å². The molecule has 0 aliphatic heterocycles. The quantitative estimate of drug-likeness (QED) is 0.519. The van der Waals surface area contributed by atoms with Crippen molar-refractivity contribution < 1.29 is 4.74 Å². The number of hydrogen-bond acceptors (Lipinski definition) is 4. The molecule has 2 aromatic heterocycles. The van der Waals surface area contributed by atoms with Crippen LogP contribution in [-0.2, 0) is 13.0 Å². The zero-order valence-corrected chi connectivity index (χ0v) is 15.5. The van der Waals surface area contributed by atoms with Crippen LogP contribution >= 0.6 is 0 Å². The summed E-state index contributed by atoms with van der Waals surface area (Å²) >= 11 is 0. The van der Waals surface area contributed by atoms with Gasteiger partial charge < -0.3 is 10.1 Å². The first-order valence-corrected chi connectivity index (χ1v) is 9.62. The van der Waals surface area contributed by atoms with Gasteiger partial charge in [-0.05, 0) is 60.4 Å². The van der Waals surface area contributed by atoms with Crippen molar-refractivity contribution >= 4 is 16.7 Å². The molecule has 2 heterocycles. The lowest BCUT2D eigenvalue weighted by molar-refractivity contribution is 0.306. The van der Waals surface area contributed by atoms with Crippen molar-refractivity contribution in [2.45, 2.75) is 25.5 Å². The fraction of sp³-hybridized carbons (Fsp3) is 0.167. The summed E-state index contributed by atoms with van der Waals surface area (Å²) in [5, 5.41) is 4.67. The molecule has 0 unspecified atom stereocenters. The lowest BCUT2D eigenvalue weighted by Gasteiger charge is -2.15. The van der Waals surface area contributed by atoms with Crippen LogP contribution in [0.2, 0.25) is 0 Å². The third-order valence-corrected chi connectivity index (χ3v) is 5.24. The van der Waals surface area contributed by atoms with E-state index >= 15 is 0 Å². The van der Waals surface area contributed by atoms with Gasteiger partial charge in [0.15, 0.2) is 0 Å². The molecular weight excluding hydrogens is 346 g/mol. The number of anilines is 1. The van der Waals surface area contributed by atoms with Crippen LogP contribution in [0.4, 0.5) is 5.82 Å². The van der Waals surface area contributed by atoms with Crippen molar-refractivity contribution in [2.24, 2.45) is 0 Å².